The van der Waals surface area contributed by atoms with Crippen molar-refractivity contribution in [2.45, 2.75) is 39.2 Å². The Morgan fingerprint density at radius 1 is 0.828 bits per heavy atom. The summed E-state index contributed by atoms with van der Waals surface area (Å²) in [4.78, 5) is 4.91. The average molecular weight is 385 g/mol. The van der Waals surface area contributed by atoms with Gasteiger partial charge in [0, 0.05) is 6.42 Å². The van der Waals surface area contributed by atoms with Gasteiger partial charge in [0.2, 0.25) is 0 Å². The summed E-state index contributed by atoms with van der Waals surface area (Å²) in [5.41, 5.74) is 4.83. The molecule has 0 amide bonds. The molecule has 29 heavy (non-hydrogen) atoms. The lowest BCUT2D eigenvalue weighted by molar-refractivity contribution is 0.294. The SMILES string of the molecule is CC(C)c1ccccc1OCCn1c(CCc2ccccc2)nc2ccccc21. The van der Waals surface area contributed by atoms with Gasteiger partial charge in [0.1, 0.15) is 18.2 Å². The highest BCUT2D eigenvalue weighted by Crippen LogP contribution is 2.26. The van der Waals surface area contributed by atoms with Crippen molar-refractivity contribution in [1.29, 1.82) is 0 Å². The van der Waals surface area contributed by atoms with E-state index in [9.17, 15) is 0 Å². The molecule has 1 aromatic heterocycles. The highest BCUT2D eigenvalue weighted by atomic mass is 16.5. The molecule has 3 heteroatoms. The number of fused-ring (bicyclic) bond motifs is 1. The second kappa shape index (κ2) is 8.95. The summed E-state index contributed by atoms with van der Waals surface area (Å²) >= 11 is 0. The van der Waals surface area contributed by atoms with Gasteiger partial charge in [-0.2, -0.15) is 0 Å². The van der Waals surface area contributed by atoms with Crippen LogP contribution in [0.3, 0.4) is 0 Å². The topological polar surface area (TPSA) is 27.1 Å². The molecule has 0 aliphatic carbocycles. The summed E-state index contributed by atoms with van der Waals surface area (Å²) in [6, 6.07) is 27.3. The molecule has 0 aliphatic heterocycles. The first-order chi connectivity index (χ1) is 14.2. The van der Waals surface area contributed by atoms with Crippen molar-refractivity contribution >= 4 is 11.0 Å². The maximum Gasteiger partial charge on any atom is 0.122 e. The number of aryl methyl sites for hydroxylation is 2. The molecule has 148 valence electrons. The first-order valence-corrected chi connectivity index (χ1v) is 10.4. The van der Waals surface area contributed by atoms with Crippen molar-refractivity contribution in [2.75, 3.05) is 6.61 Å². The number of ether oxygens (including phenoxy) is 1. The molecule has 0 saturated carbocycles. The van der Waals surface area contributed by atoms with E-state index in [1.54, 1.807) is 0 Å². The summed E-state index contributed by atoms with van der Waals surface area (Å²) in [6.07, 6.45) is 1.91. The van der Waals surface area contributed by atoms with Crippen molar-refractivity contribution in [3.63, 3.8) is 0 Å². The largest absolute Gasteiger partial charge is 0.491 e. The van der Waals surface area contributed by atoms with E-state index < -0.39 is 0 Å². The van der Waals surface area contributed by atoms with Crippen molar-refractivity contribution in [3.05, 3.63) is 95.8 Å². The fraction of sp³-hybridized carbons (Fsp3) is 0.269. The minimum Gasteiger partial charge on any atom is -0.491 e. The molecule has 0 unspecified atom stereocenters. The van der Waals surface area contributed by atoms with Gasteiger partial charge in [-0.15, -0.1) is 0 Å². The van der Waals surface area contributed by atoms with Gasteiger partial charge < -0.3 is 9.30 Å². The Hall–Kier alpha value is -3.07. The van der Waals surface area contributed by atoms with Crippen LogP contribution in [0.15, 0.2) is 78.9 Å². The molecule has 3 aromatic carbocycles. The highest BCUT2D eigenvalue weighted by Gasteiger charge is 2.12. The fourth-order valence-electron chi connectivity index (χ4n) is 3.80. The maximum atomic E-state index is 6.19. The Labute approximate surface area is 173 Å². The molecule has 0 spiro atoms. The van der Waals surface area contributed by atoms with Gasteiger partial charge in [0.25, 0.3) is 0 Å². The summed E-state index contributed by atoms with van der Waals surface area (Å²) in [5, 5.41) is 0. The van der Waals surface area contributed by atoms with E-state index in [1.807, 2.05) is 6.07 Å². The Morgan fingerprint density at radius 2 is 1.55 bits per heavy atom. The predicted molar refractivity (Wildman–Crippen MR) is 120 cm³/mol. The van der Waals surface area contributed by atoms with Crippen LogP contribution >= 0.6 is 0 Å². The van der Waals surface area contributed by atoms with Crippen LogP contribution in [0.2, 0.25) is 0 Å². The smallest absolute Gasteiger partial charge is 0.122 e. The second-order valence-electron chi connectivity index (χ2n) is 7.69. The van der Waals surface area contributed by atoms with E-state index in [0.29, 0.717) is 12.5 Å². The van der Waals surface area contributed by atoms with Crippen LogP contribution in [0, 0.1) is 0 Å². The van der Waals surface area contributed by atoms with Gasteiger partial charge in [0.15, 0.2) is 0 Å². The van der Waals surface area contributed by atoms with Crippen molar-refractivity contribution in [2.24, 2.45) is 0 Å². The van der Waals surface area contributed by atoms with Gasteiger partial charge in [-0.1, -0.05) is 74.5 Å². The number of rotatable bonds is 8. The summed E-state index contributed by atoms with van der Waals surface area (Å²) < 4.78 is 8.51. The number of aromatic nitrogens is 2. The second-order valence-corrected chi connectivity index (χ2v) is 7.69. The molecule has 0 aliphatic rings. The molecule has 0 fully saturated rings. The third-order valence-electron chi connectivity index (χ3n) is 5.33. The van der Waals surface area contributed by atoms with Crippen LogP contribution in [-0.4, -0.2) is 16.2 Å². The number of para-hydroxylation sites is 3. The molecule has 0 saturated heterocycles. The van der Waals surface area contributed by atoms with Gasteiger partial charge in [-0.05, 0) is 41.7 Å². The zero-order valence-electron chi connectivity index (χ0n) is 17.2. The molecule has 1 heterocycles. The highest BCUT2D eigenvalue weighted by molar-refractivity contribution is 5.75. The van der Waals surface area contributed by atoms with Crippen LogP contribution in [-0.2, 0) is 19.4 Å². The number of imidazole rings is 1. The van der Waals surface area contributed by atoms with Crippen molar-refractivity contribution < 1.29 is 4.74 Å². The fourth-order valence-corrected chi connectivity index (χ4v) is 3.80. The van der Waals surface area contributed by atoms with Gasteiger partial charge >= 0.3 is 0 Å². The Morgan fingerprint density at radius 3 is 2.38 bits per heavy atom. The maximum absolute atomic E-state index is 6.19. The van der Waals surface area contributed by atoms with E-state index in [2.05, 4.69) is 91.2 Å². The summed E-state index contributed by atoms with van der Waals surface area (Å²) in [5.74, 6) is 2.55. The molecular formula is C26H28N2O. The molecule has 0 bridgehead atoms. The van der Waals surface area contributed by atoms with E-state index in [-0.39, 0.29) is 0 Å². The predicted octanol–water partition coefficient (Wildman–Crippen LogP) is 6.02. The lowest BCUT2D eigenvalue weighted by Gasteiger charge is -2.15. The zero-order valence-corrected chi connectivity index (χ0v) is 17.2. The third-order valence-corrected chi connectivity index (χ3v) is 5.33. The summed E-state index contributed by atoms with van der Waals surface area (Å²) in [6.45, 7) is 5.82. The number of benzene rings is 3. The van der Waals surface area contributed by atoms with Crippen molar-refractivity contribution in [1.82, 2.24) is 9.55 Å². The first-order valence-electron chi connectivity index (χ1n) is 10.4. The van der Waals surface area contributed by atoms with E-state index in [1.165, 1.54) is 16.6 Å². The normalized spacial score (nSPS) is 11.3. The van der Waals surface area contributed by atoms with Crippen LogP contribution in [0.5, 0.6) is 5.75 Å². The van der Waals surface area contributed by atoms with Gasteiger partial charge in [-0.25, -0.2) is 4.98 Å². The number of hydrogen-bond acceptors (Lipinski definition) is 2. The minimum absolute atomic E-state index is 0.446. The molecule has 4 aromatic rings. The van der Waals surface area contributed by atoms with E-state index >= 15 is 0 Å². The quantitative estimate of drug-likeness (QED) is 0.371. The average Bonchev–Trinajstić information content (AvgIpc) is 3.11. The minimum atomic E-state index is 0.446. The lowest BCUT2D eigenvalue weighted by atomic mass is 10.0. The van der Waals surface area contributed by atoms with Crippen LogP contribution in [0.25, 0.3) is 11.0 Å². The number of hydrogen-bond donors (Lipinski definition) is 0. The molecule has 0 radical (unpaired) electrons. The standard InChI is InChI=1S/C26H28N2O/c1-20(2)22-12-6-9-15-25(22)29-19-18-28-24-14-8-7-13-23(24)27-26(28)17-16-21-10-4-3-5-11-21/h3-15,20H,16-19H2,1-2H3. The van der Waals surface area contributed by atoms with Gasteiger partial charge in [-0.3, -0.25) is 0 Å². The van der Waals surface area contributed by atoms with E-state index in [0.717, 1.165) is 36.5 Å². The molecule has 3 nitrogen and oxygen atoms in total. The number of nitrogens with zero attached hydrogens (tertiary/aromatic N) is 2. The Kier molecular flexibility index (Phi) is 5.95. The van der Waals surface area contributed by atoms with Crippen LogP contribution < -0.4 is 4.74 Å². The molecule has 4 rings (SSSR count). The third kappa shape index (κ3) is 4.51. The van der Waals surface area contributed by atoms with Crippen molar-refractivity contribution in [3.8, 4) is 5.75 Å². The monoisotopic (exact) mass is 384 g/mol. The lowest BCUT2D eigenvalue weighted by Crippen LogP contribution is -2.12. The van der Waals surface area contributed by atoms with E-state index in [4.69, 9.17) is 9.72 Å². The molecule has 0 N–H and O–H groups in total. The zero-order chi connectivity index (χ0) is 20.1. The Balaban J connectivity index is 1.51. The molecular weight excluding hydrogens is 356 g/mol. The van der Waals surface area contributed by atoms with Crippen LogP contribution in [0.1, 0.15) is 36.7 Å². The van der Waals surface area contributed by atoms with Gasteiger partial charge in [0.05, 0.1) is 17.6 Å². The Bertz CT molecular complexity index is 1070. The van der Waals surface area contributed by atoms with Crippen LogP contribution in [0.4, 0.5) is 0 Å². The first kappa shape index (κ1) is 19.3. The summed E-state index contributed by atoms with van der Waals surface area (Å²) in [7, 11) is 0. The molecule has 0 atom stereocenters.